The molecule has 0 saturated heterocycles. The number of ether oxygens (including phenoxy) is 3. The highest BCUT2D eigenvalue weighted by Crippen LogP contribution is 2.12. The van der Waals surface area contributed by atoms with Gasteiger partial charge in [0.25, 0.3) is 0 Å². The van der Waals surface area contributed by atoms with Gasteiger partial charge in [0.15, 0.2) is 6.10 Å². The Hall–Kier alpha value is -3.44. The van der Waals surface area contributed by atoms with Crippen LogP contribution in [0.3, 0.4) is 0 Å². The van der Waals surface area contributed by atoms with Gasteiger partial charge in [-0.1, -0.05) is 182 Å². The van der Waals surface area contributed by atoms with Gasteiger partial charge in [-0.25, -0.2) is 0 Å². The van der Waals surface area contributed by atoms with E-state index in [0.29, 0.717) is 19.4 Å². The average Bonchev–Trinajstić information content (AvgIpc) is 3.25. The zero-order valence-corrected chi connectivity index (χ0v) is 38.9. The second kappa shape index (κ2) is 49.9. The van der Waals surface area contributed by atoms with E-state index in [1.807, 2.05) is 0 Å². The molecule has 0 saturated carbocycles. The van der Waals surface area contributed by atoms with E-state index in [0.717, 1.165) is 116 Å². The number of carbonyl (C=O) groups excluding carboxylic acids is 2. The van der Waals surface area contributed by atoms with Gasteiger partial charge in [0.2, 0.25) is 0 Å². The fourth-order valence-electron chi connectivity index (χ4n) is 6.20. The lowest BCUT2D eigenvalue weighted by Gasteiger charge is -2.18. The number of unbranched alkanes of at least 4 members (excludes halogenated alkanes) is 14. The van der Waals surface area contributed by atoms with Crippen LogP contribution < -0.4 is 0 Å². The van der Waals surface area contributed by atoms with Crippen LogP contribution >= 0.6 is 0 Å². The maximum atomic E-state index is 12.8. The average molecular weight is 831 g/mol. The van der Waals surface area contributed by atoms with Crippen molar-refractivity contribution in [1.29, 1.82) is 0 Å². The van der Waals surface area contributed by atoms with E-state index in [1.54, 1.807) is 0 Å². The molecule has 5 heteroatoms. The molecule has 0 heterocycles. The molecule has 0 amide bonds. The lowest BCUT2D eigenvalue weighted by atomic mass is 10.1. The molecule has 0 aromatic carbocycles. The molecule has 5 nitrogen and oxygen atoms in total. The van der Waals surface area contributed by atoms with E-state index >= 15 is 0 Å². The summed E-state index contributed by atoms with van der Waals surface area (Å²) in [5.41, 5.74) is 0. The molecule has 0 fully saturated rings. The number of esters is 2. The lowest BCUT2D eigenvalue weighted by molar-refractivity contribution is -0.163. The molecule has 0 aliphatic carbocycles. The van der Waals surface area contributed by atoms with E-state index < -0.39 is 6.10 Å². The first-order valence-corrected chi connectivity index (χ1v) is 24.4. The van der Waals surface area contributed by atoms with Crippen molar-refractivity contribution in [1.82, 2.24) is 0 Å². The van der Waals surface area contributed by atoms with E-state index in [-0.39, 0.29) is 25.2 Å². The Balaban J connectivity index is 4.41. The van der Waals surface area contributed by atoms with Gasteiger partial charge in [-0.15, -0.1) is 0 Å². The molecule has 0 aliphatic rings. The molecule has 0 N–H and O–H groups in total. The van der Waals surface area contributed by atoms with Crippen molar-refractivity contribution in [3.8, 4) is 0 Å². The number of allylic oxidation sites excluding steroid dienone is 18. The van der Waals surface area contributed by atoms with Crippen molar-refractivity contribution in [3.63, 3.8) is 0 Å². The van der Waals surface area contributed by atoms with Crippen molar-refractivity contribution in [2.75, 3.05) is 19.8 Å². The van der Waals surface area contributed by atoms with Crippen LogP contribution in [0.5, 0.6) is 0 Å². The van der Waals surface area contributed by atoms with Crippen molar-refractivity contribution in [2.24, 2.45) is 0 Å². The molecule has 0 rings (SSSR count). The van der Waals surface area contributed by atoms with E-state index in [9.17, 15) is 9.59 Å². The van der Waals surface area contributed by atoms with Gasteiger partial charge in [-0.05, 0) is 116 Å². The molecular weight excluding hydrogens is 741 g/mol. The van der Waals surface area contributed by atoms with Crippen molar-refractivity contribution in [3.05, 3.63) is 109 Å². The second-order valence-electron chi connectivity index (χ2n) is 15.6. The first-order chi connectivity index (χ1) is 29.6. The molecule has 0 aliphatic heterocycles. The Morgan fingerprint density at radius 1 is 0.383 bits per heavy atom. The first-order valence-electron chi connectivity index (χ1n) is 24.4. The monoisotopic (exact) mass is 831 g/mol. The maximum absolute atomic E-state index is 12.8. The van der Waals surface area contributed by atoms with Gasteiger partial charge < -0.3 is 14.2 Å². The maximum Gasteiger partial charge on any atom is 0.306 e. The minimum absolute atomic E-state index is 0.0458. The molecule has 0 bridgehead atoms. The number of carbonyl (C=O) groups is 2. The van der Waals surface area contributed by atoms with Gasteiger partial charge in [0.1, 0.15) is 6.61 Å². The van der Waals surface area contributed by atoms with E-state index in [1.165, 1.54) is 51.4 Å². The third-order valence-corrected chi connectivity index (χ3v) is 9.75. The smallest absolute Gasteiger partial charge is 0.306 e. The van der Waals surface area contributed by atoms with E-state index in [2.05, 4.69) is 130 Å². The molecule has 0 aromatic rings. The van der Waals surface area contributed by atoms with Crippen LogP contribution in [-0.4, -0.2) is 37.9 Å². The lowest BCUT2D eigenvalue weighted by Crippen LogP contribution is -2.30. The minimum atomic E-state index is -0.574. The van der Waals surface area contributed by atoms with Gasteiger partial charge in [-0.2, -0.15) is 0 Å². The number of rotatable bonds is 43. The second-order valence-corrected chi connectivity index (χ2v) is 15.6. The summed E-state index contributed by atoms with van der Waals surface area (Å²) in [7, 11) is 0. The van der Waals surface area contributed by atoms with Crippen molar-refractivity contribution < 1.29 is 23.8 Å². The highest BCUT2D eigenvalue weighted by Gasteiger charge is 2.17. The highest BCUT2D eigenvalue weighted by molar-refractivity contribution is 5.70. The first kappa shape index (κ1) is 56.6. The van der Waals surface area contributed by atoms with Crippen LogP contribution in [0.25, 0.3) is 0 Å². The normalized spacial score (nSPS) is 13.2. The third-order valence-electron chi connectivity index (χ3n) is 9.75. The summed E-state index contributed by atoms with van der Waals surface area (Å²) >= 11 is 0. The van der Waals surface area contributed by atoms with Crippen LogP contribution in [0.2, 0.25) is 0 Å². The summed E-state index contributed by atoms with van der Waals surface area (Å²) in [4.78, 5) is 25.3. The highest BCUT2D eigenvalue weighted by atomic mass is 16.6. The Morgan fingerprint density at radius 3 is 1.23 bits per heavy atom. The van der Waals surface area contributed by atoms with Gasteiger partial charge in [0.05, 0.1) is 6.61 Å². The fraction of sp³-hybridized carbons (Fsp3) is 0.636. The summed E-state index contributed by atoms with van der Waals surface area (Å²) in [6, 6.07) is 0. The quantitative estimate of drug-likeness (QED) is 0.0348. The predicted molar refractivity (Wildman–Crippen MR) is 260 cm³/mol. The van der Waals surface area contributed by atoms with Crippen LogP contribution in [0, 0.1) is 0 Å². The summed E-state index contributed by atoms with van der Waals surface area (Å²) in [6.45, 7) is 7.44. The molecule has 0 spiro atoms. The largest absolute Gasteiger partial charge is 0.462 e. The Kier molecular flexibility index (Phi) is 47.1. The Bertz CT molecular complexity index is 1210. The van der Waals surface area contributed by atoms with E-state index in [4.69, 9.17) is 14.2 Å². The Labute approximate surface area is 370 Å². The topological polar surface area (TPSA) is 61.8 Å². The molecule has 1 atom stereocenters. The van der Waals surface area contributed by atoms with Crippen LogP contribution in [0.15, 0.2) is 109 Å². The zero-order chi connectivity index (χ0) is 43.5. The number of hydrogen-bond donors (Lipinski definition) is 0. The molecule has 340 valence electrons. The third kappa shape index (κ3) is 47.2. The molecule has 1 unspecified atom stereocenters. The fourth-order valence-corrected chi connectivity index (χ4v) is 6.20. The summed E-state index contributed by atoms with van der Waals surface area (Å²) in [5, 5.41) is 0. The molecule has 0 radical (unpaired) electrons. The summed E-state index contributed by atoms with van der Waals surface area (Å²) in [6.07, 6.45) is 68.1. The zero-order valence-electron chi connectivity index (χ0n) is 38.9. The van der Waals surface area contributed by atoms with Crippen LogP contribution in [0.1, 0.15) is 201 Å². The predicted octanol–water partition coefficient (Wildman–Crippen LogP) is 16.4. The molecule has 60 heavy (non-hydrogen) atoms. The van der Waals surface area contributed by atoms with Crippen molar-refractivity contribution in [2.45, 2.75) is 207 Å². The minimum Gasteiger partial charge on any atom is -0.462 e. The van der Waals surface area contributed by atoms with Crippen LogP contribution in [0.4, 0.5) is 0 Å². The van der Waals surface area contributed by atoms with Crippen molar-refractivity contribution >= 4 is 11.9 Å². The summed E-state index contributed by atoms with van der Waals surface area (Å²) in [5.74, 6) is -0.479. The van der Waals surface area contributed by atoms with Gasteiger partial charge in [-0.3, -0.25) is 9.59 Å². The number of hydrogen-bond acceptors (Lipinski definition) is 5. The van der Waals surface area contributed by atoms with Gasteiger partial charge in [0, 0.05) is 19.4 Å². The molecular formula is C55H90O5. The van der Waals surface area contributed by atoms with Crippen LogP contribution in [-0.2, 0) is 23.8 Å². The summed E-state index contributed by atoms with van der Waals surface area (Å²) < 4.78 is 17.3. The Morgan fingerprint density at radius 2 is 0.750 bits per heavy atom. The SMILES string of the molecule is CC/C=C\C/C=C\C/C=C\C/C=C\CCCCC(=O)OCC(COCCCCCCCC/C=C\C/C=C\CCC)OC(=O)CCCCCCC/C=C\C/C=C\C/C=C\CC. The molecule has 0 aromatic heterocycles. The van der Waals surface area contributed by atoms with Gasteiger partial charge >= 0.3 is 11.9 Å². The standard InChI is InChI=1S/C55H90O5/c1-4-7-10-13-16-19-22-25-28-30-33-36-39-42-45-48-54(56)59-52-53(51-58-50-47-44-41-38-35-32-27-24-21-18-15-12-9-6-3)60-55(57)49-46-43-40-37-34-31-29-26-23-20-17-14-11-8-5-2/h7-8,10-12,15-17,19-21,24-26,28-29,33,36,53H,4-6,9,13-14,18,22-23,27,30-32,34-35,37-52H2,1-3H3/b10-7-,11-8-,15-12-,19-16-,20-17-,24-21-,28-25-,29-26-,36-33-.